The number of para-hydroxylation sites is 2. The third-order valence-electron chi connectivity index (χ3n) is 9.23. The molecule has 0 spiro atoms. The molecule has 7 aromatic carbocycles. The van der Waals surface area contributed by atoms with E-state index in [1.807, 2.05) is 11.3 Å². The summed E-state index contributed by atoms with van der Waals surface area (Å²) in [4.78, 5) is 5.86. The summed E-state index contributed by atoms with van der Waals surface area (Å²) in [5.74, 6) is 0. The second kappa shape index (κ2) is 10.0. The standard InChI is InChI=1S/C42H28N2S/c1-26-36(38-24-28(20-22-42(38)45-26)44-40-17-9-7-15-34(40)35-16-8-10-18-41(35)44)25-39(43-2)27-19-21-33-31-13-4-3-11-29(31)30-12-5-6-14-32(30)37(33)23-27/h3-25H,2H2,1H3/b39-25-. The number of benzene rings is 7. The molecule has 3 heteroatoms. The van der Waals surface area contributed by atoms with Crippen LogP contribution in [0.2, 0.25) is 0 Å². The summed E-state index contributed by atoms with van der Waals surface area (Å²) in [6.45, 7) is 6.23. The van der Waals surface area contributed by atoms with E-state index in [1.165, 1.54) is 74.6 Å². The number of thiophene rings is 1. The van der Waals surface area contributed by atoms with Gasteiger partial charge in [-0.25, -0.2) is 0 Å². The van der Waals surface area contributed by atoms with Gasteiger partial charge in [0, 0.05) is 37.0 Å². The lowest BCUT2D eigenvalue weighted by molar-refractivity contribution is 1.19. The summed E-state index contributed by atoms with van der Waals surface area (Å²) in [6.07, 6.45) is 2.22. The van der Waals surface area contributed by atoms with E-state index in [0.29, 0.717) is 0 Å². The summed E-state index contributed by atoms with van der Waals surface area (Å²) < 4.78 is 3.65. The molecule has 0 aliphatic heterocycles. The van der Waals surface area contributed by atoms with Crippen molar-refractivity contribution in [1.82, 2.24) is 4.57 Å². The highest BCUT2D eigenvalue weighted by Crippen LogP contribution is 2.40. The maximum Gasteiger partial charge on any atom is 0.0701 e. The van der Waals surface area contributed by atoms with Crippen LogP contribution in [0.4, 0.5) is 0 Å². The molecule has 0 unspecified atom stereocenters. The Morgan fingerprint density at radius 2 is 1.11 bits per heavy atom. The first-order valence-electron chi connectivity index (χ1n) is 15.2. The van der Waals surface area contributed by atoms with E-state index in [-0.39, 0.29) is 0 Å². The van der Waals surface area contributed by atoms with Crippen molar-refractivity contribution in [1.29, 1.82) is 0 Å². The number of aromatic nitrogens is 1. The Kier molecular flexibility index (Phi) is 5.77. The van der Waals surface area contributed by atoms with E-state index in [2.05, 4.69) is 163 Å². The quantitative estimate of drug-likeness (QED) is 0.143. The first-order chi connectivity index (χ1) is 22.2. The second-order valence-corrected chi connectivity index (χ2v) is 12.9. The molecule has 9 rings (SSSR count). The first kappa shape index (κ1) is 25.9. The Balaban J connectivity index is 1.24. The maximum atomic E-state index is 4.59. The van der Waals surface area contributed by atoms with E-state index < -0.39 is 0 Å². The number of nitrogens with zero attached hydrogens (tertiary/aromatic N) is 2. The van der Waals surface area contributed by atoms with E-state index in [0.717, 1.165) is 16.9 Å². The van der Waals surface area contributed by atoms with Crippen molar-refractivity contribution >= 4 is 94.0 Å². The Bertz CT molecular complexity index is 2600. The lowest BCUT2D eigenvalue weighted by Gasteiger charge is -2.12. The van der Waals surface area contributed by atoms with Gasteiger partial charge in [0.25, 0.3) is 0 Å². The molecule has 0 saturated carbocycles. The zero-order valence-corrected chi connectivity index (χ0v) is 25.6. The largest absolute Gasteiger partial charge is 0.309 e. The average molecular weight is 593 g/mol. The van der Waals surface area contributed by atoms with Crippen LogP contribution in [0.1, 0.15) is 16.0 Å². The number of fused-ring (bicyclic) bond motifs is 10. The third-order valence-corrected chi connectivity index (χ3v) is 10.3. The summed E-state index contributed by atoms with van der Waals surface area (Å²) in [5, 5.41) is 11.3. The molecule has 0 amide bonds. The average Bonchev–Trinajstić information content (AvgIpc) is 3.60. The zero-order valence-electron chi connectivity index (χ0n) is 24.8. The molecule has 0 atom stereocenters. The van der Waals surface area contributed by atoms with Gasteiger partial charge in [-0.3, -0.25) is 4.99 Å². The van der Waals surface area contributed by atoms with Crippen molar-refractivity contribution in [3.8, 4) is 5.69 Å². The van der Waals surface area contributed by atoms with Gasteiger partial charge in [-0.05, 0) is 94.0 Å². The lowest BCUT2D eigenvalue weighted by Crippen LogP contribution is -1.93. The van der Waals surface area contributed by atoms with Crippen LogP contribution in [0.15, 0.2) is 138 Å². The number of aryl methyl sites for hydroxylation is 1. The van der Waals surface area contributed by atoms with Crippen LogP contribution in [0.3, 0.4) is 0 Å². The van der Waals surface area contributed by atoms with Gasteiger partial charge in [-0.15, -0.1) is 11.3 Å². The highest BCUT2D eigenvalue weighted by atomic mass is 32.1. The molecule has 0 bridgehead atoms. The first-order valence-corrected chi connectivity index (χ1v) is 16.0. The van der Waals surface area contributed by atoms with Crippen molar-refractivity contribution in [2.75, 3.05) is 0 Å². The van der Waals surface area contributed by atoms with Crippen molar-refractivity contribution in [2.45, 2.75) is 6.92 Å². The van der Waals surface area contributed by atoms with Crippen molar-refractivity contribution in [3.05, 3.63) is 149 Å². The number of hydrogen-bond acceptors (Lipinski definition) is 2. The normalized spacial score (nSPS) is 12.3. The Labute approximate surface area is 264 Å². The molecule has 0 aliphatic carbocycles. The number of hydrogen-bond donors (Lipinski definition) is 0. The fourth-order valence-electron chi connectivity index (χ4n) is 7.17. The van der Waals surface area contributed by atoms with Gasteiger partial charge in [0.1, 0.15) is 0 Å². The molecule has 45 heavy (non-hydrogen) atoms. The van der Waals surface area contributed by atoms with Gasteiger partial charge in [-0.2, -0.15) is 0 Å². The Morgan fingerprint density at radius 3 is 1.71 bits per heavy atom. The van der Waals surface area contributed by atoms with Gasteiger partial charge in [-0.1, -0.05) is 97.1 Å². The van der Waals surface area contributed by atoms with Gasteiger partial charge in [0.2, 0.25) is 0 Å². The Morgan fingerprint density at radius 1 is 0.578 bits per heavy atom. The topological polar surface area (TPSA) is 17.3 Å². The predicted octanol–water partition coefficient (Wildman–Crippen LogP) is 12.0. The fraction of sp³-hybridized carbons (Fsp3) is 0.0238. The summed E-state index contributed by atoms with van der Waals surface area (Å²) in [7, 11) is 0. The predicted molar refractivity (Wildman–Crippen MR) is 197 cm³/mol. The minimum absolute atomic E-state index is 0.874. The molecule has 2 heterocycles. The fourth-order valence-corrected chi connectivity index (χ4v) is 8.19. The van der Waals surface area contributed by atoms with E-state index in [1.54, 1.807) is 0 Å². The van der Waals surface area contributed by atoms with Crippen LogP contribution >= 0.6 is 11.3 Å². The summed E-state index contributed by atoms with van der Waals surface area (Å²) in [5.41, 5.74) is 6.72. The van der Waals surface area contributed by atoms with Crippen LogP contribution in [-0.4, -0.2) is 11.3 Å². The number of aliphatic imine (C=N–C) groups is 1. The molecule has 9 aromatic rings. The van der Waals surface area contributed by atoms with Crippen molar-refractivity contribution in [2.24, 2.45) is 4.99 Å². The van der Waals surface area contributed by atoms with E-state index >= 15 is 0 Å². The molecule has 212 valence electrons. The monoisotopic (exact) mass is 592 g/mol. The highest BCUT2D eigenvalue weighted by molar-refractivity contribution is 7.19. The van der Waals surface area contributed by atoms with Crippen molar-refractivity contribution < 1.29 is 0 Å². The molecule has 0 N–H and O–H groups in total. The minimum atomic E-state index is 0.874. The molecular weight excluding hydrogens is 565 g/mol. The van der Waals surface area contributed by atoms with Gasteiger partial charge >= 0.3 is 0 Å². The summed E-state index contributed by atoms with van der Waals surface area (Å²) in [6, 6.07) is 48.3. The SMILES string of the molecule is C=N/C(=C\c1c(C)sc2ccc(-n3c4ccccc4c4ccccc43)cc12)c1ccc2c3ccccc3c3ccccc3c2c1. The molecule has 0 aliphatic rings. The van der Waals surface area contributed by atoms with Crippen LogP contribution in [0.5, 0.6) is 0 Å². The van der Waals surface area contributed by atoms with E-state index in [9.17, 15) is 0 Å². The third kappa shape index (κ3) is 3.91. The van der Waals surface area contributed by atoms with Crippen LogP contribution < -0.4 is 0 Å². The van der Waals surface area contributed by atoms with Crippen LogP contribution in [-0.2, 0) is 0 Å². The van der Waals surface area contributed by atoms with Gasteiger partial charge in [0.05, 0.1) is 16.7 Å². The van der Waals surface area contributed by atoms with Crippen LogP contribution in [0.25, 0.3) is 81.7 Å². The smallest absolute Gasteiger partial charge is 0.0701 e. The molecule has 0 saturated heterocycles. The van der Waals surface area contributed by atoms with Gasteiger partial charge in [0.15, 0.2) is 0 Å². The molecule has 0 radical (unpaired) electrons. The zero-order chi connectivity index (χ0) is 30.1. The minimum Gasteiger partial charge on any atom is -0.309 e. The number of rotatable bonds is 4. The van der Waals surface area contributed by atoms with Gasteiger partial charge < -0.3 is 4.57 Å². The second-order valence-electron chi connectivity index (χ2n) is 11.7. The molecular formula is C42H28N2S. The Hall–Kier alpha value is -5.51. The van der Waals surface area contributed by atoms with E-state index in [4.69, 9.17) is 0 Å². The molecule has 2 aromatic heterocycles. The summed E-state index contributed by atoms with van der Waals surface area (Å²) >= 11 is 1.83. The van der Waals surface area contributed by atoms with Crippen molar-refractivity contribution in [3.63, 3.8) is 0 Å². The van der Waals surface area contributed by atoms with Crippen LogP contribution in [0, 0.1) is 6.92 Å². The maximum absolute atomic E-state index is 4.59. The highest BCUT2D eigenvalue weighted by Gasteiger charge is 2.16. The lowest BCUT2D eigenvalue weighted by atomic mass is 9.92. The molecule has 0 fully saturated rings. The molecule has 2 nitrogen and oxygen atoms in total.